The molecule has 0 aliphatic heterocycles. The number of nitrogens with zero attached hydrogens (tertiary/aromatic N) is 1. The molecule has 0 aromatic carbocycles. The number of rotatable bonds is 7. The molecule has 1 amide bonds. The van der Waals surface area contributed by atoms with Gasteiger partial charge in [0.1, 0.15) is 0 Å². The Balaban J connectivity index is 2.58. The van der Waals surface area contributed by atoms with Crippen molar-refractivity contribution in [3.05, 3.63) is 0 Å². The van der Waals surface area contributed by atoms with Crippen LogP contribution in [0, 0.1) is 5.92 Å². The lowest BCUT2D eigenvalue weighted by atomic mass is 9.95. The summed E-state index contributed by atoms with van der Waals surface area (Å²) in [7, 11) is 0. The van der Waals surface area contributed by atoms with Gasteiger partial charge in [0, 0.05) is 18.1 Å². The lowest BCUT2D eigenvalue weighted by molar-refractivity contribution is -0.124. The fourth-order valence-electron chi connectivity index (χ4n) is 2.94. The smallest absolute Gasteiger partial charge is 0.234 e. The normalized spacial score (nSPS) is 19.9. The molecular weight excluding hydrogens is 238 g/mol. The second kappa shape index (κ2) is 7.25. The Kier molecular flexibility index (Phi) is 6.27. The van der Waals surface area contributed by atoms with Gasteiger partial charge >= 0.3 is 0 Å². The quantitative estimate of drug-likeness (QED) is 0.740. The van der Waals surface area contributed by atoms with Crippen LogP contribution in [0.1, 0.15) is 53.4 Å². The fraction of sp³-hybridized carbons (Fsp3) is 0.933. The van der Waals surface area contributed by atoms with Crippen LogP contribution in [0.5, 0.6) is 0 Å². The first kappa shape index (κ1) is 16.4. The molecule has 4 nitrogen and oxygen atoms in total. The number of nitrogens with two attached hydrogens (primary N) is 1. The van der Waals surface area contributed by atoms with Crippen LogP contribution in [-0.4, -0.2) is 42.0 Å². The van der Waals surface area contributed by atoms with Crippen LogP contribution in [-0.2, 0) is 4.79 Å². The van der Waals surface area contributed by atoms with E-state index in [0.717, 1.165) is 19.4 Å². The van der Waals surface area contributed by atoms with Crippen LogP contribution in [0.2, 0.25) is 0 Å². The molecule has 1 fully saturated rings. The number of nitrogens with one attached hydrogen (secondary N) is 1. The van der Waals surface area contributed by atoms with Gasteiger partial charge in [0.05, 0.1) is 6.54 Å². The van der Waals surface area contributed by atoms with Crippen molar-refractivity contribution in [1.29, 1.82) is 0 Å². The molecule has 0 aromatic rings. The Bertz CT molecular complexity index is 285. The zero-order valence-electron chi connectivity index (χ0n) is 13.0. The molecule has 1 rings (SSSR count). The van der Waals surface area contributed by atoms with Crippen LogP contribution in [0.15, 0.2) is 0 Å². The summed E-state index contributed by atoms with van der Waals surface area (Å²) in [4.78, 5) is 14.4. The van der Waals surface area contributed by atoms with Crippen LogP contribution in [0.25, 0.3) is 0 Å². The first-order chi connectivity index (χ1) is 8.95. The summed E-state index contributed by atoms with van der Waals surface area (Å²) in [6, 6.07) is 0.226. The fourth-order valence-corrected chi connectivity index (χ4v) is 2.94. The van der Waals surface area contributed by atoms with E-state index in [2.05, 4.69) is 37.9 Å². The van der Waals surface area contributed by atoms with Gasteiger partial charge in [-0.3, -0.25) is 9.69 Å². The number of amides is 1. The molecule has 19 heavy (non-hydrogen) atoms. The van der Waals surface area contributed by atoms with Crippen molar-refractivity contribution < 1.29 is 4.79 Å². The third-order valence-corrected chi connectivity index (χ3v) is 4.69. The van der Waals surface area contributed by atoms with Gasteiger partial charge in [-0.05, 0) is 32.2 Å². The predicted molar refractivity (Wildman–Crippen MR) is 79.9 cm³/mol. The number of likely N-dealkylation sites (N-methyl/N-ethyl adjacent to an activating group) is 1. The van der Waals surface area contributed by atoms with Crippen molar-refractivity contribution in [2.45, 2.75) is 65.0 Å². The summed E-state index contributed by atoms with van der Waals surface area (Å²) >= 11 is 0. The van der Waals surface area contributed by atoms with Gasteiger partial charge in [0.2, 0.25) is 5.91 Å². The molecule has 1 atom stereocenters. The standard InChI is InChI=1S/C15H31N3O/c1-5-18(15(11-16)8-6-7-9-15)10-14(19)17-13(4)12(2)3/h12-13H,5-11,16H2,1-4H3,(H,17,19). The van der Waals surface area contributed by atoms with Crippen molar-refractivity contribution in [2.24, 2.45) is 11.7 Å². The minimum atomic E-state index is 0.0627. The molecule has 0 bridgehead atoms. The Morgan fingerprint density at radius 3 is 2.32 bits per heavy atom. The highest BCUT2D eigenvalue weighted by molar-refractivity contribution is 5.78. The summed E-state index contributed by atoms with van der Waals surface area (Å²) in [6.07, 6.45) is 4.73. The molecule has 0 saturated heterocycles. The van der Waals surface area contributed by atoms with Crippen molar-refractivity contribution in [3.63, 3.8) is 0 Å². The SMILES string of the molecule is CCN(CC(=O)NC(C)C(C)C)C1(CN)CCCC1. The zero-order chi connectivity index (χ0) is 14.5. The van der Waals surface area contributed by atoms with Crippen LogP contribution in [0.4, 0.5) is 0 Å². The second-order valence-electron chi connectivity index (χ2n) is 6.25. The first-order valence-corrected chi connectivity index (χ1v) is 7.69. The number of hydrogen-bond acceptors (Lipinski definition) is 3. The van der Waals surface area contributed by atoms with E-state index < -0.39 is 0 Å². The summed E-state index contributed by atoms with van der Waals surface area (Å²) in [5, 5.41) is 3.09. The number of carbonyl (C=O) groups is 1. The van der Waals surface area contributed by atoms with Crippen molar-refractivity contribution in [2.75, 3.05) is 19.6 Å². The van der Waals surface area contributed by atoms with E-state index in [0.29, 0.717) is 19.0 Å². The lowest BCUT2D eigenvalue weighted by Crippen LogP contribution is -2.55. The van der Waals surface area contributed by atoms with Gasteiger partial charge < -0.3 is 11.1 Å². The van der Waals surface area contributed by atoms with Gasteiger partial charge in [-0.25, -0.2) is 0 Å². The summed E-state index contributed by atoms with van der Waals surface area (Å²) in [5.74, 6) is 0.594. The second-order valence-corrected chi connectivity index (χ2v) is 6.25. The van der Waals surface area contributed by atoms with Gasteiger partial charge in [0.25, 0.3) is 0 Å². The Morgan fingerprint density at radius 2 is 1.89 bits per heavy atom. The van der Waals surface area contributed by atoms with E-state index in [1.54, 1.807) is 0 Å². The van der Waals surface area contributed by atoms with E-state index >= 15 is 0 Å². The Hall–Kier alpha value is -0.610. The van der Waals surface area contributed by atoms with Gasteiger partial charge in [0.15, 0.2) is 0 Å². The van der Waals surface area contributed by atoms with Crippen LogP contribution < -0.4 is 11.1 Å². The van der Waals surface area contributed by atoms with E-state index in [-0.39, 0.29) is 17.5 Å². The Labute approximate surface area is 118 Å². The lowest BCUT2D eigenvalue weighted by Gasteiger charge is -2.40. The molecule has 0 heterocycles. The molecule has 1 unspecified atom stereocenters. The summed E-state index contributed by atoms with van der Waals surface area (Å²) in [5.41, 5.74) is 6.06. The van der Waals surface area contributed by atoms with Crippen molar-refractivity contribution in [1.82, 2.24) is 10.2 Å². The molecule has 3 N–H and O–H groups in total. The molecule has 1 saturated carbocycles. The highest BCUT2D eigenvalue weighted by Gasteiger charge is 2.38. The number of hydrogen-bond donors (Lipinski definition) is 2. The average Bonchev–Trinajstić information content (AvgIpc) is 2.85. The first-order valence-electron chi connectivity index (χ1n) is 7.69. The molecule has 0 spiro atoms. The largest absolute Gasteiger partial charge is 0.352 e. The van der Waals surface area contributed by atoms with Crippen LogP contribution >= 0.6 is 0 Å². The zero-order valence-corrected chi connectivity index (χ0v) is 13.0. The molecule has 4 heteroatoms. The van der Waals surface area contributed by atoms with E-state index in [1.165, 1.54) is 12.8 Å². The van der Waals surface area contributed by atoms with Crippen molar-refractivity contribution in [3.8, 4) is 0 Å². The van der Waals surface area contributed by atoms with Gasteiger partial charge in [-0.15, -0.1) is 0 Å². The van der Waals surface area contributed by atoms with Crippen molar-refractivity contribution >= 4 is 5.91 Å². The number of carbonyl (C=O) groups excluding carboxylic acids is 1. The van der Waals surface area contributed by atoms with E-state index in [9.17, 15) is 4.79 Å². The topological polar surface area (TPSA) is 58.4 Å². The highest BCUT2D eigenvalue weighted by atomic mass is 16.2. The maximum absolute atomic E-state index is 12.1. The van der Waals surface area contributed by atoms with Gasteiger partial charge in [-0.2, -0.15) is 0 Å². The molecule has 112 valence electrons. The highest BCUT2D eigenvalue weighted by Crippen LogP contribution is 2.34. The average molecular weight is 269 g/mol. The Morgan fingerprint density at radius 1 is 1.32 bits per heavy atom. The molecule has 0 radical (unpaired) electrons. The molecular formula is C15H31N3O. The van der Waals surface area contributed by atoms with E-state index in [4.69, 9.17) is 5.73 Å². The van der Waals surface area contributed by atoms with Gasteiger partial charge in [-0.1, -0.05) is 33.6 Å². The molecule has 1 aliphatic rings. The van der Waals surface area contributed by atoms with E-state index in [1.807, 2.05) is 0 Å². The molecule has 1 aliphatic carbocycles. The minimum absolute atomic E-state index is 0.0627. The monoisotopic (exact) mass is 269 g/mol. The maximum Gasteiger partial charge on any atom is 0.234 e. The van der Waals surface area contributed by atoms with Crippen LogP contribution in [0.3, 0.4) is 0 Å². The maximum atomic E-state index is 12.1. The summed E-state index contributed by atoms with van der Waals surface area (Å²) < 4.78 is 0. The third-order valence-electron chi connectivity index (χ3n) is 4.69. The third kappa shape index (κ3) is 4.18. The minimum Gasteiger partial charge on any atom is -0.352 e. The molecule has 0 aromatic heterocycles. The predicted octanol–water partition coefficient (Wildman–Crippen LogP) is 1.74. The summed E-state index contributed by atoms with van der Waals surface area (Å²) in [6.45, 7) is 10.5.